The lowest BCUT2D eigenvalue weighted by Crippen LogP contribution is -2.17. The second-order valence-corrected chi connectivity index (χ2v) is 7.85. The molecule has 0 unspecified atom stereocenters. The number of hydrogen-bond acceptors (Lipinski definition) is 2. The number of rotatable bonds is 2. The van der Waals surface area contributed by atoms with Crippen LogP contribution in [0.3, 0.4) is 0 Å². The van der Waals surface area contributed by atoms with Gasteiger partial charge < -0.3 is 0 Å². The molecule has 0 bridgehead atoms. The monoisotopic (exact) mass is 410 g/mol. The molecule has 0 radical (unpaired) electrons. The van der Waals surface area contributed by atoms with Gasteiger partial charge in [-0.2, -0.15) is 0 Å². The molecule has 0 amide bonds. The van der Waals surface area contributed by atoms with Gasteiger partial charge in [0.15, 0.2) is 0 Å². The molecule has 0 saturated heterocycles. The molecule has 25 heavy (non-hydrogen) atoms. The van der Waals surface area contributed by atoms with Crippen molar-refractivity contribution in [3.8, 4) is 17.1 Å². The summed E-state index contributed by atoms with van der Waals surface area (Å²) in [6, 6.07) is 17.0. The summed E-state index contributed by atoms with van der Waals surface area (Å²) in [7, 11) is 0. The zero-order chi connectivity index (χ0) is 17.4. The minimum absolute atomic E-state index is 0.760. The summed E-state index contributed by atoms with van der Waals surface area (Å²) in [5.74, 6) is 0.932. The lowest BCUT2D eigenvalue weighted by molar-refractivity contribution is 0.642. The first-order valence-corrected chi connectivity index (χ1v) is 9.81. The molecule has 0 aliphatic heterocycles. The van der Waals surface area contributed by atoms with Crippen LogP contribution in [0.15, 0.2) is 53.0 Å². The van der Waals surface area contributed by atoms with Gasteiger partial charge in [-0.05, 0) is 56.9 Å². The smallest absolute Gasteiger partial charge is 0.146 e. The van der Waals surface area contributed by atoms with E-state index in [1.807, 2.05) is 0 Å². The van der Waals surface area contributed by atoms with E-state index in [0.717, 1.165) is 39.0 Å². The molecule has 0 spiro atoms. The van der Waals surface area contributed by atoms with Gasteiger partial charge in [-0.15, -0.1) is 0 Å². The van der Waals surface area contributed by atoms with Gasteiger partial charge in [0, 0.05) is 27.0 Å². The zero-order valence-electron chi connectivity index (χ0n) is 14.1. The van der Waals surface area contributed by atoms with Crippen molar-refractivity contribution in [3.05, 3.63) is 74.5 Å². The molecule has 2 aromatic carbocycles. The highest BCUT2D eigenvalue weighted by Gasteiger charge is 2.20. The fraction of sp³-hybridized carbons (Fsp3) is 0.238. The van der Waals surface area contributed by atoms with Crippen LogP contribution in [0.1, 0.15) is 29.7 Å². The summed E-state index contributed by atoms with van der Waals surface area (Å²) in [6.45, 7) is 2.12. The van der Waals surface area contributed by atoms with Gasteiger partial charge in [-0.1, -0.05) is 58.0 Å². The largest absolute Gasteiger partial charge is 0.298 e. The van der Waals surface area contributed by atoms with Crippen LogP contribution in [0.4, 0.5) is 0 Å². The highest BCUT2D eigenvalue weighted by molar-refractivity contribution is 9.10. The Morgan fingerprint density at radius 1 is 0.960 bits per heavy atom. The van der Waals surface area contributed by atoms with Crippen molar-refractivity contribution < 1.29 is 0 Å². The minimum atomic E-state index is 0.760. The number of aromatic nitrogens is 2. The van der Waals surface area contributed by atoms with Gasteiger partial charge in [0.1, 0.15) is 10.5 Å². The summed E-state index contributed by atoms with van der Waals surface area (Å²) >= 11 is 9.16. The maximum absolute atomic E-state index is 5.65. The summed E-state index contributed by atoms with van der Waals surface area (Å²) < 4.78 is 4.14. The number of fused-ring (bicyclic) bond motifs is 1. The SMILES string of the molecule is Cc1ccc(-n2c(-c3ccc(Br)cc3)nc(=S)c3c2CCCC3)cc1. The fourth-order valence-electron chi connectivity index (χ4n) is 3.47. The van der Waals surface area contributed by atoms with E-state index >= 15 is 0 Å². The van der Waals surface area contributed by atoms with Crippen LogP contribution in [0.5, 0.6) is 0 Å². The Morgan fingerprint density at radius 2 is 1.64 bits per heavy atom. The molecule has 126 valence electrons. The van der Waals surface area contributed by atoms with Gasteiger partial charge in [0.05, 0.1) is 0 Å². The molecule has 0 saturated carbocycles. The molecule has 1 aliphatic carbocycles. The van der Waals surface area contributed by atoms with E-state index in [9.17, 15) is 0 Å². The zero-order valence-corrected chi connectivity index (χ0v) is 16.5. The summed E-state index contributed by atoms with van der Waals surface area (Å²) in [4.78, 5) is 4.85. The second kappa shape index (κ2) is 6.85. The van der Waals surface area contributed by atoms with Gasteiger partial charge in [-0.3, -0.25) is 4.57 Å². The quantitative estimate of drug-likeness (QED) is 0.466. The molecule has 4 rings (SSSR count). The van der Waals surface area contributed by atoms with Gasteiger partial charge in [0.25, 0.3) is 0 Å². The van der Waals surface area contributed by atoms with Crippen LogP contribution in [0, 0.1) is 11.6 Å². The maximum Gasteiger partial charge on any atom is 0.146 e. The highest BCUT2D eigenvalue weighted by atomic mass is 79.9. The number of nitrogens with zero attached hydrogens (tertiary/aromatic N) is 2. The van der Waals surface area contributed by atoms with E-state index in [1.165, 1.54) is 29.7 Å². The van der Waals surface area contributed by atoms with Crippen LogP contribution in [-0.2, 0) is 12.8 Å². The first-order chi connectivity index (χ1) is 12.1. The van der Waals surface area contributed by atoms with Crippen molar-refractivity contribution in [2.75, 3.05) is 0 Å². The van der Waals surface area contributed by atoms with Gasteiger partial charge >= 0.3 is 0 Å². The van der Waals surface area contributed by atoms with Crippen molar-refractivity contribution in [2.24, 2.45) is 0 Å². The summed E-state index contributed by atoms with van der Waals surface area (Å²) in [6.07, 6.45) is 4.49. The second-order valence-electron chi connectivity index (χ2n) is 6.55. The molecule has 1 aromatic heterocycles. The van der Waals surface area contributed by atoms with Crippen LogP contribution >= 0.6 is 28.1 Å². The Hall–Kier alpha value is -1.78. The number of benzene rings is 2. The molecule has 1 heterocycles. The predicted molar refractivity (Wildman–Crippen MR) is 109 cm³/mol. The Kier molecular flexibility index (Phi) is 4.57. The Bertz CT molecular complexity index is 973. The third-order valence-electron chi connectivity index (χ3n) is 4.78. The summed E-state index contributed by atoms with van der Waals surface area (Å²) in [5, 5.41) is 0. The predicted octanol–water partition coefficient (Wildman–Crippen LogP) is 6.22. The maximum atomic E-state index is 5.65. The minimum Gasteiger partial charge on any atom is -0.298 e. The van der Waals surface area contributed by atoms with Crippen molar-refractivity contribution in [2.45, 2.75) is 32.6 Å². The van der Waals surface area contributed by atoms with E-state index in [-0.39, 0.29) is 0 Å². The standard InChI is InChI=1S/C21H19BrN2S/c1-14-6-12-17(13-7-14)24-19-5-3-2-4-18(19)21(25)23-20(24)15-8-10-16(22)11-9-15/h6-13H,2-5H2,1H3. The number of halogens is 1. The van der Waals surface area contributed by atoms with Crippen molar-refractivity contribution >= 4 is 28.1 Å². The lowest BCUT2D eigenvalue weighted by atomic mass is 9.96. The first-order valence-electron chi connectivity index (χ1n) is 8.61. The topological polar surface area (TPSA) is 17.8 Å². The molecular formula is C21H19BrN2S. The normalized spacial score (nSPS) is 13.5. The molecule has 4 heteroatoms. The molecular weight excluding hydrogens is 392 g/mol. The average Bonchev–Trinajstić information content (AvgIpc) is 2.63. The number of aryl methyl sites for hydroxylation is 1. The van der Waals surface area contributed by atoms with E-state index in [2.05, 4.69) is 76.0 Å². The van der Waals surface area contributed by atoms with E-state index in [4.69, 9.17) is 17.2 Å². The molecule has 0 fully saturated rings. The van der Waals surface area contributed by atoms with Crippen LogP contribution < -0.4 is 0 Å². The van der Waals surface area contributed by atoms with Crippen LogP contribution in [0.25, 0.3) is 17.1 Å². The van der Waals surface area contributed by atoms with Crippen molar-refractivity contribution in [1.82, 2.24) is 9.55 Å². The Labute approximate surface area is 161 Å². The first kappa shape index (κ1) is 16.7. The van der Waals surface area contributed by atoms with Crippen molar-refractivity contribution in [1.29, 1.82) is 0 Å². The van der Waals surface area contributed by atoms with E-state index < -0.39 is 0 Å². The van der Waals surface area contributed by atoms with Crippen molar-refractivity contribution in [3.63, 3.8) is 0 Å². The van der Waals surface area contributed by atoms with E-state index in [0.29, 0.717) is 0 Å². The average molecular weight is 411 g/mol. The highest BCUT2D eigenvalue weighted by Crippen LogP contribution is 2.30. The molecule has 3 aromatic rings. The molecule has 2 nitrogen and oxygen atoms in total. The lowest BCUT2D eigenvalue weighted by Gasteiger charge is -2.24. The molecule has 1 aliphatic rings. The fourth-order valence-corrected chi connectivity index (χ4v) is 4.04. The van der Waals surface area contributed by atoms with Crippen LogP contribution in [-0.4, -0.2) is 9.55 Å². The van der Waals surface area contributed by atoms with Gasteiger partial charge in [0.2, 0.25) is 0 Å². The van der Waals surface area contributed by atoms with Gasteiger partial charge in [-0.25, -0.2) is 4.98 Å². The molecule has 0 atom stereocenters. The third kappa shape index (κ3) is 3.21. The van der Waals surface area contributed by atoms with E-state index in [1.54, 1.807) is 0 Å². The Morgan fingerprint density at radius 3 is 2.36 bits per heavy atom. The van der Waals surface area contributed by atoms with Crippen LogP contribution in [0.2, 0.25) is 0 Å². The Balaban J connectivity index is 2.02. The molecule has 0 N–H and O–H groups in total. The third-order valence-corrected chi connectivity index (χ3v) is 5.65. The summed E-state index contributed by atoms with van der Waals surface area (Å²) in [5.41, 5.74) is 6.08. The number of hydrogen-bond donors (Lipinski definition) is 0.